The number of nitrogen functional groups attached to an aromatic ring is 1. The van der Waals surface area contributed by atoms with Crippen molar-refractivity contribution in [3.8, 4) is 28.7 Å². The van der Waals surface area contributed by atoms with Crippen LogP contribution in [-0.4, -0.2) is 28.8 Å². The summed E-state index contributed by atoms with van der Waals surface area (Å²) in [4.78, 5) is 4.42. The van der Waals surface area contributed by atoms with E-state index >= 15 is 0 Å². The smallest absolute Gasteiger partial charge is 0.165 e. The van der Waals surface area contributed by atoms with E-state index in [2.05, 4.69) is 10.1 Å². The van der Waals surface area contributed by atoms with Crippen LogP contribution in [0.2, 0.25) is 0 Å². The lowest BCUT2D eigenvalue weighted by molar-refractivity contribution is 0.355. The Bertz CT molecular complexity index is 985. The molecular formula is C18H19N5O2. The van der Waals surface area contributed by atoms with E-state index in [9.17, 15) is 0 Å². The molecule has 0 unspecified atom stereocenters. The molecule has 0 spiro atoms. The fourth-order valence-corrected chi connectivity index (χ4v) is 2.78. The highest BCUT2D eigenvalue weighted by atomic mass is 16.5. The molecule has 2 aromatic heterocycles. The predicted molar refractivity (Wildman–Crippen MR) is 94.7 cm³/mol. The summed E-state index contributed by atoms with van der Waals surface area (Å²) >= 11 is 0. The Kier molecular flexibility index (Phi) is 4.19. The van der Waals surface area contributed by atoms with Gasteiger partial charge in [-0.15, -0.1) is 0 Å². The summed E-state index contributed by atoms with van der Waals surface area (Å²) in [5, 5.41) is 13.8. The fraction of sp³-hybridized carbons (Fsp3) is 0.278. The van der Waals surface area contributed by atoms with E-state index in [1.54, 1.807) is 14.2 Å². The highest BCUT2D eigenvalue weighted by Crippen LogP contribution is 2.37. The minimum atomic E-state index is 0.148. The molecule has 7 heteroatoms. The number of nitrogens with zero attached hydrogens (tertiary/aromatic N) is 4. The molecule has 2 N–H and O–H groups in total. The van der Waals surface area contributed by atoms with Gasteiger partial charge in [0.25, 0.3) is 0 Å². The molecule has 0 fully saturated rings. The third-order valence-electron chi connectivity index (χ3n) is 4.05. The molecule has 0 aliphatic rings. The van der Waals surface area contributed by atoms with Crippen LogP contribution in [-0.2, 0) is 0 Å². The summed E-state index contributed by atoms with van der Waals surface area (Å²) in [6, 6.07) is 7.69. The largest absolute Gasteiger partial charge is 0.493 e. The predicted octanol–water partition coefficient (Wildman–Crippen LogP) is 2.99. The fourth-order valence-electron chi connectivity index (χ4n) is 2.78. The van der Waals surface area contributed by atoms with Crippen molar-refractivity contribution in [1.29, 1.82) is 5.26 Å². The quantitative estimate of drug-likeness (QED) is 0.786. The van der Waals surface area contributed by atoms with Gasteiger partial charge in [-0.05, 0) is 23.6 Å². The number of hydrogen-bond donors (Lipinski definition) is 1. The zero-order valence-corrected chi connectivity index (χ0v) is 14.6. The molecule has 128 valence electrons. The van der Waals surface area contributed by atoms with Crippen LogP contribution < -0.4 is 15.2 Å². The molecule has 0 saturated carbocycles. The van der Waals surface area contributed by atoms with Crippen LogP contribution in [0.15, 0.2) is 24.4 Å². The van der Waals surface area contributed by atoms with Crippen molar-refractivity contribution in [1.82, 2.24) is 14.6 Å². The molecule has 0 atom stereocenters. The molecule has 1 aromatic carbocycles. The van der Waals surface area contributed by atoms with Crippen molar-refractivity contribution in [3.63, 3.8) is 0 Å². The molecule has 25 heavy (non-hydrogen) atoms. The number of benzene rings is 1. The number of nitriles is 1. The third-order valence-corrected chi connectivity index (χ3v) is 4.05. The van der Waals surface area contributed by atoms with E-state index in [1.165, 1.54) is 10.7 Å². The van der Waals surface area contributed by atoms with Crippen LogP contribution in [0.5, 0.6) is 11.5 Å². The minimum absolute atomic E-state index is 0.148. The van der Waals surface area contributed by atoms with E-state index in [0.717, 1.165) is 16.8 Å². The van der Waals surface area contributed by atoms with Gasteiger partial charge in [-0.2, -0.15) is 14.9 Å². The number of aromatic nitrogens is 3. The van der Waals surface area contributed by atoms with Gasteiger partial charge >= 0.3 is 0 Å². The van der Waals surface area contributed by atoms with Crippen LogP contribution >= 0.6 is 0 Å². The molecule has 3 rings (SSSR count). The van der Waals surface area contributed by atoms with Crippen molar-refractivity contribution in [2.24, 2.45) is 0 Å². The van der Waals surface area contributed by atoms with Gasteiger partial charge in [0, 0.05) is 0 Å². The molecule has 0 radical (unpaired) electrons. The Morgan fingerprint density at radius 2 is 1.92 bits per heavy atom. The van der Waals surface area contributed by atoms with Gasteiger partial charge in [0.1, 0.15) is 17.5 Å². The van der Waals surface area contributed by atoms with Crippen LogP contribution in [0, 0.1) is 11.3 Å². The van der Waals surface area contributed by atoms with E-state index in [1.807, 2.05) is 38.1 Å². The first-order chi connectivity index (χ1) is 12.0. The number of anilines is 1. The number of methoxy groups -OCH3 is 2. The standard InChI is InChI=1S/C18H19N5O2/c1-10(2)16-15(11-5-6-13(24-3)14(7-11)25-4)18-21-9-12(8-19)17(20)23(18)22-16/h5-7,9-10H,20H2,1-4H3. The van der Waals surface area contributed by atoms with Gasteiger partial charge in [0.05, 0.1) is 31.7 Å². The number of nitrogens with two attached hydrogens (primary N) is 1. The lowest BCUT2D eigenvalue weighted by Gasteiger charge is -2.11. The molecule has 0 saturated heterocycles. The van der Waals surface area contributed by atoms with E-state index in [-0.39, 0.29) is 11.7 Å². The van der Waals surface area contributed by atoms with Gasteiger partial charge in [-0.25, -0.2) is 4.98 Å². The molecule has 0 aliphatic heterocycles. The highest BCUT2D eigenvalue weighted by molar-refractivity contribution is 5.83. The summed E-state index contributed by atoms with van der Waals surface area (Å²) in [5.74, 6) is 1.69. The average Bonchev–Trinajstić information content (AvgIpc) is 3.02. The van der Waals surface area contributed by atoms with Gasteiger partial charge in [0.15, 0.2) is 17.1 Å². The van der Waals surface area contributed by atoms with Gasteiger partial charge in [0.2, 0.25) is 0 Å². The second kappa shape index (κ2) is 6.32. The lowest BCUT2D eigenvalue weighted by atomic mass is 9.99. The van der Waals surface area contributed by atoms with Crippen LogP contribution in [0.4, 0.5) is 5.82 Å². The third kappa shape index (κ3) is 2.62. The maximum absolute atomic E-state index is 9.16. The van der Waals surface area contributed by atoms with Crippen molar-refractivity contribution >= 4 is 11.5 Å². The summed E-state index contributed by atoms with van der Waals surface area (Å²) in [6.45, 7) is 4.10. The Hall–Kier alpha value is -3.27. The maximum Gasteiger partial charge on any atom is 0.165 e. The highest BCUT2D eigenvalue weighted by Gasteiger charge is 2.21. The Balaban J connectivity index is 2.33. The topological polar surface area (TPSA) is 98.5 Å². The zero-order chi connectivity index (χ0) is 18.1. The van der Waals surface area contributed by atoms with Crippen molar-refractivity contribution in [2.45, 2.75) is 19.8 Å². The second-order valence-corrected chi connectivity index (χ2v) is 5.89. The summed E-state index contributed by atoms with van der Waals surface area (Å²) < 4.78 is 12.2. The maximum atomic E-state index is 9.16. The summed E-state index contributed by atoms with van der Waals surface area (Å²) in [5.41, 5.74) is 9.60. The van der Waals surface area contributed by atoms with Crippen LogP contribution in [0.1, 0.15) is 31.0 Å². The van der Waals surface area contributed by atoms with Crippen molar-refractivity contribution < 1.29 is 9.47 Å². The molecule has 7 nitrogen and oxygen atoms in total. The average molecular weight is 337 g/mol. The van der Waals surface area contributed by atoms with Crippen LogP contribution in [0.25, 0.3) is 16.8 Å². The Labute approximate surface area is 145 Å². The lowest BCUT2D eigenvalue weighted by Crippen LogP contribution is -2.03. The first-order valence-electron chi connectivity index (χ1n) is 7.81. The zero-order valence-electron chi connectivity index (χ0n) is 14.6. The van der Waals surface area contributed by atoms with Gasteiger partial charge in [-0.1, -0.05) is 19.9 Å². The Morgan fingerprint density at radius 3 is 2.52 bits per heavy atom. The van der Waals surface area contributed by atoms with Gasteiger partial charge in [-0.3, -0.25) is 0 Å². The molecule has 3 aromatic rings. The normalized spacial score (nSPS) is 10.9. The summed E-state index contributed by atoms with van der Waals surface area (Å²) in [6.07, 6.45) is 1.47. The van der Waals surface area contributed by atoms with E-state index in [4.69, 9.17) is 20.5 Å². The molecule has 0 bridgehead atoms. The second-order valence-electron chi connectivity index (χ2n) is 5.89. The first-order valence-corrected chi connectivity index (χ1v) is 7.81. The summed E-state index contributed by atoms with van der Waals surface area (Å²) in [7, 11) is 3.19. The van der Waals surface area contributed by atoms with Gasteiger partial charge < -0.3 is 15.2 Å². The monoisotopic (exact) mass is 337 g/mol. The molecular weight excluding hydrogens is 318 g/mol. The SMILES string of the molecule is COc1ccc(-c2c(C(C)C)nn3c(N)c(C#N)cnc23)cc1OC. The number of fused-ring (bicyclic) bond motifs is 1. The molecule has 0 amide bonds. The molecule has 2 heterocycles. The Morgan fingerprint density at radius 1 is 1.20 bits per heavy atom. The molecule has 0 aliphatic carbocycles. The van der Waals surface area contributed by atoms with Crippen molar-refractivity contribution in [3.05, 3.63) is 35.7 Å². The number of ether oxygens (including phenoxy) is 2. The van der Waals surface area contributed by atoms with E-state index < -0.39 is 0 Å². The van der Waals surface area contributed by atoms with Crippen molar-refractivity contribution in [2.75, 3.05) is 20.0 Å². The number of hydrogen-bond acceptors (Lipinski definition) is 6. The minimum Gasteiger partial charge on any atom is -0.493 e. The first kappa shape index (κ1) is 16.6. The van der Waals surface area contributed by atoms with E-state index in [0.29, 0.717) is 22.7 Å². The van der Waals surface area contributed by atoms with Crippen LogP contribution in [0.3, 0.4) is 0 Å². The number of rotatable bonds is 4.